The van der Waals surface area contributed by atoms with E-state index < -0.39 is 37.2 Å². The van der Waals surface area contributed by atoms with E-state index in [1.165, 1.54) is 4.57 Å². The number of hydrogen-bond acceptors (Lipinski definition) is 7. The molecule has 4 atom stereocenters. The molecule has 0 radical (unpaired) electrons. The predicted molar refractivity (Wildman–Crippen MR) is 98.8 cm³/mol. The molecule has 1 aromatic heterocycles. The van der Waals surface area contributed by atoms with Crippen molar-refractivity contribution in [2.45, 2.75) is 72.9 Å². The Labute approximate surface area is 158 Å². The number of hydrogen-bond donors (Lipinski definition) is 2. The number of nitrogens with zero attached hydrogens (tertiary/aromatic N) is 2. The summed E-state index contributed by atoms with van der Waals surface area (Å²) in [5, 5.41) is 9.75. The minimum absolute atomic E-state index is 0.165. The van der Waals surface area contributed by atoms with Gasteiger partial charge < -0.3 is 0 Å². The number of aromatic nitrogens is 2. The van der Waals surface area contributed by atoms with Crippen LogP contribution in [0.5, 0.6) is 0 Å². The van der Waals surface area contributed by atoms with Crippen LogP contribution in [0.2, 0.25) is 8.87 Å². The zero-order chi connectivity index (χ0) is 18.7. The van der Waals surface area contributed by atoms with Crippen LogP contribution in [0.3, 0.4) is 0 Å². The third-order valence-corrected chi connectivity index (χ3v) is 15.5. The van der Waals surface area contributed by atoms with Crippen LogP contribution in [-0.4, -0.2) is 58.8 Å². The molecule has 0 unspecified atom stereocenters. The Hall–Kier alpha value is -0.681. The van der Waals surface area contributed by atoms with E-state index in [0.717, 1.165) is 34.6 Å². The zero-order valence-electron chi connectivity index (χ0n) is 15.5. The molecule has 146 valence electrons. The molecule has 2 aliphatic rings. The molecule has 2 aliphatic heterocycles. The van der Waals surface area contributed by atoms with Crippen LogP contribution in [-0.2, 0) is 10.9 Å². The Morgan fingerprint density at radius 1 is 1.23 bits per heavy atom. The van der Waals surface area contributed by atoms with Gasteiger partial charge in [0.2, 0.25) is 0 Å². The van der Waals surface area contributed by atoms with E-state index >= 15 is 0 Å². The summed E-state index contributed by atoms with van der Waals surface area (Å²) < 4.78 is 22.4. The van der Waals surface area contributed by atoms with Gasteiger partial charge in [0.25, 0.3) is 0 Å². The predicted octanol–water partition coefficient (Wildman–Crippen LogP) is 1.54. The zero-order valence-corrected chi connectivity index (χ0v) is 18.3. The van der Waals surface area contributed by atoms with Crippen molar-refractivity contribution < 1.29 is 16.0 Å². The van der Waals surface area contributed by atoms with Crippen LogP contribution in [0.15, 0.2) is 17.1 Å². The molecule has 2 fully saturated rings. The molecular formula is C17H29N3O5Sn. The minimum atomic E-state index is -3.26. The van der Waals surface area contributed by atoms with Crippen LogP contribution in [0, 0.1) is 0 Å². The van der Waals surface area contributed by atoms with Gasteiger partial charge in [0.15, 0.2) is 0 Å². The molecule has 26 heavy (non-hydrogen) atoms. The molecule has 3 rings (SSSR count). The van der Waals surface area contributed by atoms with E-state index in [0.29, 0.717) is 0 Å². The van der Waals surface area contributed by atoms with E-state index in [1.807, 2.05) is 0 Å². The second-order valence-electron chi connectivity index (χ2n) is 7.07. The van der Waals surface area contributed by atoms with Crippen molar-refractivity contribution in [2.24, 2.45) is 0 Å². The molecule has 9 heteroatoms. The Bertz CT molecular complexity index is 662. The SMILES string of the molecule is CCC[CH2][Sn]1([CH2]CCC)[O][C@@H]2[C@H]([O]1)[C@H](CO)O[C@@H]2n1ccc(N)nc1=O. The number of nitrogen functional groups attached to an aromatic ring is 1. The maximum atomic E-state index is 12.3. The van der Waals surface area contributed by atoms with Gasteiger partial charge in [0, 0.05) is 0 Å². The number of aliphatic hydroxyl groups excluding tert-OH is 1. The number of unbranched alkanes of at least 4 members (excludes halogenated alkanes) is 2. The molecule has 3 N–H and O–H groups in total. The van der Waals surface area contributed by atoms with Crippen LogP contribution in [0.25, 0.3) is 0 Å². The Morgan fingerprint density at radius 2 is 1.88 bits per heavy atom. The molecule has 0 spiro atoms. The summed E-state index contributed by atoms with van der Waals surface area (Å²) in [6, 6.07) is 1.56. The molecule has 0 bridgehead atoms. The fourth-order valence-electron chi connectivity index (χ4n) is 3.74. The van der Waals surface area contributed by atoms with E-state index in [9.17, 15) is 9.90 Å². The molecule has 0 aliphatic carbocycles. The van der Waals surface area contributed by atoms with Crippen molar-refractivity contribution in [2.75, 3.05) is 12.3 Å². The third-order valence-electron chi connectivity index (χ3n) is 5.12. The number of fused-ring (bicyclic) bond motifs is 1. The van der Waals surface area contributed by atoms with Crippen LogP contribution >= 0.6 is 0 Å². The Morgan fingerprint density at radius 3 is 2.46 bits per heavy atom. The van der Waals surface area contributed by atoms with Gasteiger partial charge in [-0.1, -0.05) is 0 Å². The Kier molecular flexibility index (Phi) is 6.60. The van der Waals surface area contributed by atoms with Crippen molar-refractivity contribution >= 4 is 25.0 Å². The maximum absolute atomic E-state index is 12.3. The van der Waals surface area contributed by atoms with Crippen molar-refractivity contribution in [3.8, 4) is 0 Å². The van der Waals surface area contributed by atoms with E-state index in [2.05, 4.69) is 18.8 Å². The topological polar surface area (TPSA) is 109 Å². The molecule has 8 nitrogen and oxygen atoms in total. The quantitative estimate of drug-likeness (QED) is 0.551. The molecule has 0 amide bonds. The first-order valence-electron chi connectivity index (χ1n) is 9.50. The molecule has 3 heterocycles. The molecule has 0 saturated carbocycles. The second-order valence-corrected chi connectivity index (χ2v) is 16.5. The van der Waals surface area contributed by atoms with Gasteiger partial charge in [-0.25, -0.2) is 0 Å². The van der Waals surface area contributed by atoms with Crippen LogP contribution < -0.4 is 11.4 Å². The molecule has 2 saturated heterocycles. The number of rotatable bonds is 8. The first kappa shape index (κ1) is 20.1. The summed E-state index contributed by atoms with van der Waals surface area (Å²) in [7, 11) is 0. The number of aliphatic hydroxyl groups is 1. The van der Waals surface area contributed by atoms with Gasteiger partial charge in [0.05, 0.1) is 0 Å². The number of ether oxygens (including phenoxy) is 1. The first-order valence-corrected chi connectivity index (χ1v) is 15.9. The Balaban J connectivity index is 1.88. The van der Waals surface area contributed by atoms with Gasteiger partial charge in [0.1, 0.15) is 0 Å². The number of anilines is 1. The standard InChI is InChI=1S/C9H11N3O5.2C4H9.Sn/c10-5-1-2-12(9(16)11-5)8-7(15)6(14)4(3-13)17-8;2*1-3-4-2;/h1-2,4,6-8,13H,3H2,(H2,10,11,16);2*1,3-4H2,2H3;/q-2;;;+2/t4-,6+,7+,8-;;;/m0.../s1. The summed E-state index contributed by atoms with van der Waals surface area (Å²) in [4.78, 5) is 16.0. The average Bonchev–Trinajstić information content (AvgIpc) is 3.14. The van der Waals surface area contributed by atoms with E-state index in [4.69, 9.17) is 16.6 Å². The average molecular weight is 474 g/mol. The van der Waals surface area contributed by atoms with Gasteiger partial charge in [-0.3, -0.25) is 0 Å². The number of nitrogens with two attached hydrogens (primary N) is 1. The third kappa shape index (κ3) is 3.94. The summed E-state index contributed by atoms with van der Waals surface area (Å²) >= 11 is -3.26. The van der Waals surface area contributed by atoms with Crippen molar-refractivity contribution in [1.82, 2.24) is 9.55 Å². The second kappa shape index (κ2) is 8.55. The van der Waals surface area contributed by atoms with Crippen molar-refractivity contribution in [1.29, 1.82) is 0 Å². The van der Waals surface area contributed by atoms with Crippen molar-refractivity contribution in [3.63, 3.8) is 0 Å². The van der Waals surface area contributed by atoms with Gasteiger partial charge in [-0.05, 0) is 0 Å². The summed E-state index contributed by atoms with van der Waals surface area (Å²) in [6.45, 7) is 4.16. The first-order chi connectivity index (χ1) is 12.5. The van der Waals surface area contributed by atoms with Gasteiger partial charge in [-0.15, -0.1) is 0 Å². The molecular weight excluding hydrogens is 445 g/mol. The van der Waals surface area contributed by atoms with Crippen LogP contribution in [0.1, 0.15) is 45.8 Å². The summed E-state index contributed by atoms with van der Waals surface area (Å²) in [5.74, 6) is 0.169. The van der Waals surface area contributed by atoms with Gasteiger partial charge in [-0.2, -0.15) is 0 Å². The molecule has 0 aromatic carbocycles. The van der Waals surface area contributed by atoms with E-state index in [-0.39, 0.29) is 24.6 Å². The fourth-order valence-corrected chi connectivity index (χ4v) is 15.4. The van der Waals surface area contributed by atoms with Gasteiger partial charge >= 0.3 is 159 Å². The van der Waals surface area contributed by atoms with Crippen molar-refractivity contribution in [3.05, 3.63) is 22.7 Å². The van der Waals surface area contributed by atoms with Crippen LogP contribution in [0.4, 0.5) is 5.82 Å². The summed E-state index contributed by atoms with van der Waals surface area (Å²) in [5.41, 5.74) is 5.11. The fraction of sp³-hybridized carbons (Fsp3) is 0.765. The molecule has 1 aromatic rings. The normalized spacial score (nSPS) is 29.8. The monoisotopic (exact) mass is 475 g/mol. The van der Waals surface area contributed by atoms with E-state index in [1.54, 1.807) is 12.3 Å². The summed E-state index contributed by atoms with van der Waals surface area (Å²) in [6.07, 6.45) is 4.10.